The molecule has 2 nitrogen and oxygen atoms in total. The Morgan fingerprint density at radius 1 is 1.30 bits per heavy atom. The van der Waals surface area contributed by atoms with Crippen molar-refractivity contribution in [3.05, 3.63) is 48.6 Å². The number of thioether (sulfide) groups is 1. The Morgan fingerprint density at radius 3 is 2.39 bits per heavy atom. The summed E-state index contributed by atoms with van der Waals surface area (Å²) < 4.78 is 6.46. The Kier molecular flexibility index (Phi) is 7.78. The Morgan fingerprint density at radius 2 is 1.91 bits per heavy atom. The summed E-state index contributed by atoms with van der Waals surface area (Å²) in [7, 11) is -1.79. The molecule has 0 bridgehead atoms. The molecule has 0 N–H and O–H groups in total. The molecule has 1 unspecified atom stereocenters. The second-order valence-electron chi connectivity index (χ2n) is 7.26. The lowest BCUT2D eigenvalue weighted by Crippen LogP contribution is -2.43. The third-order valence-electron chi connectivity index (χ3n) is 4.41. The first-order valence-corrected chi connectivity index (χ1v) is 12.2. The molecular formula is C19H31NOSSi. The van der Waals surface area contributed by atoms with E-state index in [4.69, 9.17) is 9.42 Å². The van der Waals surface area contributed by atoms with Crippen LogP contribution in [0.3, 0.4) is 0 Å². The average Bonchev–Trinajstić information content (AvgIpc) is 2.50. The fraction of sp³-hybridized carbons (Fsp3) is 0.526. The number of nitrogens with zero attached hydrogens (tertiary/aromatic N) is 1. The number of hydrogen-bond acceptors (Lipinski definition) is 3. The molecule has 0 saturated heterocycles. The molecule has 0 spiro atoms. The van der Waals surface area contributed by atoms with E-state index in [-0.39, 0.29) is 11.1 Å². The van der Waals surface area contributed by atoms with Gasteiger partial charge in [0.05, 0.1) is 17.7 Å². The lowest BCUT2D eigenvalue weighted by atomic mass is 10.2. The second-order valence-corrected chi connectivity index (χ2v) is 12.9. The minimum Gasteiger partial charge on any atom is -0.410 e. The summed E-state index contributed by atoms with van der Waals surface area (Å²) in [5, 5.41) is 1.33. The molecule has 0 aromatic heterocycles. The summed E-state index contributed by atoms with van der Waals surface area (Å²) in [5.74, 6) is 0. The minimum atomic E-state index is -1.79. The molecule has 0 radical (unpaired) electrons. The molecule has 1 aromatic carbocycles. The van der Waals surface area contributed by atoms with Crippen molar-refractivity contribution in [2.75, 3.05) is 6.26 Å². The Bertz CT molecular complexity index is 520. The summed E-state index contributed by atoms with van der Waals surface area (Å²) in [6.07, 6.45) is 4.85. The smallest absolute Gasteiger partial charge is 0.192 e. The van der Waals surface area contributed by atoms with Crippen molar-refractivity contribution in [1.82, 2.24) is 0 Å². The van der Waals surface area contributed by atoms with Gasteiger partial charge in [-0.05, 0) is 30.0 Å². The van der Waals surface area contributed by atoms with Gasteiger partial charge in [0.1, 0.15) is 0 Å². The van der Waals surface area contributed by atoms with Gasteiger partial charge in [-0.1, -0.05) is 57.2 Å². The van der Waals surface area contributed by atoms with Crippen LogP contribution < -0.4 is 0 Å². The van der Waals surface area contributed by atoms with Crippen LogP contribution in [0.1, 0.15) is 32.8 Å². The van der Waals surface area contributed by atoms with Gasteiger partial charge in [-0.25, -0.2) is 0 Å². The van der Waals surface area contributed by atoms with E-state index in [1.807, 2.05) is 12.1 Å². The third kappa shape index (κ3) is 6.65. The fourth-order valence-electron chi connectivity index (χ4n) is 1.88. The first-order valence-electron chi connectivity index (χ1n) is 8.11. The molecular weight excluding hydrogens is 318 g/mol. The Labute approximate surface area is 147 Å². The molecule has 0 heterocycles. The first kappa shape index (κ1) is 20.2. The highest BCUT2D eigenvalue weighted by atomic mass is 32.2. The maximum absolute atomic E-state index is 6.46. The van der Waals surface area contributed by atoms with E-state index in [2.05, 4.69) is 71.0 Å². The highest BCUT2D eigenvalue weighted by Crippen LogP contribution is 2.37. The normalized spacial score (nSPS) is 14.6. The molecule has 4 heteroatoms. The van der Waals surface area contributed by atoms with Crippen LogP contribution >= 0.6 is 11.8 Å². The zero-order chi connectivity index (χ0) is 17.5. The quantitative estimate of drug-likeness (QED) is 0.264. The standard InChI is InChI=1S/C19H31NOSSi/c1-8-17(21-23(6,7)19(2,3)4)14-18(22-5)20-15-16-12-10-9-11-13-16/h8-13,17H,1,14-15H2,2-7H3. The van der Waals surface area contributed by atoms with Crippen LogP contribution in [0.5, 0.6) is 0 Å². The van der Waals surface area contributed by atoms with Crippen molar-refractivity contribution >= 4 is 25.1 Å². The molecule has 0 aliphatic rings. The van der Waals surface area contributed by atoms with E-state index in [9.17, 15) is 0 Å². The average molecular weight is 350 g/mol. The summed E-state index contributed by atoms with van der Waals surface area (Å²) in [4.78, 5) is 4.76. The van der Waals surface area contributed by atoms with Crippen LogP contribution in [-0.4, -0.2) is 25.7 Å². The van der Waals surface area contributed by atoms with Crippen molar-refractivity contribution in [3.8, 4) is 0 Å². The zero-order valence-electron chi connectivity index (χ0n) is 15.4. The van der Waals surface area contributed by atoms with Gasteiger partial charge in [-0.3, -0.25) is 4.99 Å². The van der Waals surface area contributed by atoms with Gasteiger partial charge in [0.15, 0.2) is 8.32 Å². The summed E-state index contributed by atoms with van der Waals surface area (Å²) >= 11 is 1.70. The van der Waals surface area contributed by atoms with Crippen molar-refractivity contribution < 1.29 is 4.43 Å². The third-order valence-corrected chi connectivity index (χ3v) is 9.68. The van der Waals surface area contributed by atoms with E-state index in [0.717, 1.165) is 18.0 Å². The predicted molar refractivity (Wildman–Crippen MR) is 108 cm³/mol. The molecule has 1 aromatic rings. The van der Waals surface area contributed by atoms with Crippen LogP contribution in [0.15, 0.2) is 48.0 Å². The topological polar surface area (TPSA) is 21.6 Å². The predicted octanol–water partition coefficient (Wildman–Crippen LogP) is 5.91. The lowest BCUT2D eigenvalue weighted by Gasteiger charge is -2.38. The minimum absolute atomic E-state index is 0.0397. The van der Waals surface area contributed by atoms with Gasteiger partial charge in [0.25, 0.3) is 0 Å². The van der Waals surface area contributed by atoms with Gasteiger partial charge in [0, 0.05) is 6.42 Å². The maximum atomic E-state index is 6.46. The van der Waals surface area contributed by atoms with Crippen LogP contribution in [0, 0.1) is 0 Å². The largest absolute Gasteiger partial charge is 0.410 e. The van der Waals surface area contributed by atoms with Crippen molar-refractivity contribution in [1.29, 1.82) is 0 Å². The highest BCUT2D eigenvalue weighted by Gasteiger charge is 2.38. The molecule has 23 heavy (non-hydrogen) atoms. The van der Waals surface area contributed by atoms with E-state index in [1.54, 1.807) is 11.8 Å². The molecule has 1 rings (SSSR count). The highest BCUT2D eigenvalue weighted by molar-refractivity contribution is 8.13. The van der Waals surface area contributed by atoms with Gasteiger partial charge < -0.3 is 4.43 Å². The van der Waals surface area contributed by atoms with Crippen LogP contribution in [0.25, 0.3) is 0 Å². The number of rotatable bonds is 7. The van der Waals surface area contributed by atoms with E-state index in [0.29, 0.717) is 0 Å². The molecule has 0 fully saturated rings. The monoisotopic (exact) mass is 349 g/mol. The fourth-order valence-corrected chi connectivity index (χ4v) is 3.69. The van der Waals surface area contributed by atoms with Crippen LogP contribution in [-0.2, 0) is 11.0 Å². The van der Waals surface area contributed by atoms with E-state index in [1.165, 1.54) is 5.56 Å². The van der Waals surface area contributed by atoms with Crippen molar-refractivity contribution in [2.24, 2.45) is 4.99 Å². The Balaban J connectivity index is 2.73. The first-order chi connectivity index (χ1) is 10.7. The van der Waals surface area contributed by atoms with Gasteiger partial charge in [0.2, 0.25) is 0 Å². The Hall–Kier alpha value is -0.843. The summed E-state index contributed by atoms with van der Waals surface area (Å²) in [6, 6.07) is 10.4. The lowest BCUT2D eigenvalue weighted by molar-refractivity contribution is 0.233. The van der Waals surface area contributed by atoms with E-state index >= 15 is 0 Å². The zero-order valence-corrected chi connectivity index (χ0v) is 17.2. The number of hydrogen-bond donors (Lipinski definition) is 0. The molecule has 0 aliphatic carbocycles. The molecule has 0 saturated carbocycles. The summed E-state index contributed by atoms with van der Waals surface area (Å²) in [6.45, 7) is 16.0. The molecule has 128 valence electrons. The van der Waals surface area contributed by atoms with Crippen LogP contribution in [0.2, 0.25) is 18.1 Å². The maximum Gasteiger partial charge on any atom is 0.192 e. The van der Waals surface area contributed by atoms with Crippen molar-refractivity contribution in [3.63, 3.8) is 0 Å². The van der Waals surface area contributed by atoms with Gasteiger partial charge in [-0.15, -0.1) is 18.3 Å². The van der Waals surface area contributed by atoms with Gasteiger partial charge in [-0.2, -0.15) is 0 Å². The second kappa shape index (κ2) is 8.86. The summed E-state index contributed by atoms with van der Waals surface area (Å²) in [5.41, 5.74) is 1.24. The number of aliphatic imine (C=N–C) groups is 1. The van der Waals surface area contributed by atoms with Crippen molar-refractivity contribution in [2.45, 2.75) is 58.0 Å². The van der Waals surface area contributed by atoms with Gasteiger partial charge >= 0.3 is 0 Å². The molecule has 0 amide bonds. The number of benzene rings is 1. The molecule has 0 aliphatic heterocycles. The molecule has 1 atom stereocenters. The van der Waals surface area contributed by atoms with E-state index < -0.39 is 8.32 Å². The SMILES string of the molecule is C=CC(CC(=NCc1ccccc1)SC)O[Si](C)(C)C(C)(C)C. The van der Waals surface area contributed by atoms with Crippen LogP contribution in [0.4, 0.5) is 0 Å².